The summed E-state index contributed by atoms with van der Waals surface area (Å²) in [6.45, 7) is 8.79. The van der Waals surface area contributed by atoms with Gasteiger partial charge in [0.25, 0.3) is 0 Å². The normalized spacial score (nSPS) is 12.7. The molecule has 0 radical (unpaired) electrons. The van der Waals surface area contributed by atoms with Crippen molar-refractivity contribution in [1.82, 2.24) is 5.32 Å². The molecule has 1 aromatic carbocycles. The Labute approximate surface area is 111 Å². The van der Waals surface area contributed by atoms with E-state index in [0.29, 0.717) is 13.1 Å². The quantitative estimate of drug-likeness (QED) is 0.891. The minimum absolute atomic E-state index is 0.457. The third-order valence-electron chi connectivity index (χ3n) is 3.37. The van der Waals surface area contributed by atoms with Gasteiger partial charge in [-0.25, -0.2) is 8.42 Å². The molecule has 1 N–H and O–H groups in total. The van der Waals surface area contributed by atoms with Crippen LogP contribution in [0.4, 0.5) is 0 Å². The first kappa shape index (κ1) is 15.2. The van der Waals surface area contributed by atoms with Gasteiger partial charge in [-0.15, -0.1) is 0 Å². The van der Waals surface area contributed by atoms with Crippen molar-refractivity contribution in [3.05, 3.63) is 34.9 Å². The van der Waals surface area contributed by atoms with Crippen LogP contribution in [0.3, 0.4) is 0 Å². The van der Waals surface area contributed by atoms with E-state index in [4.69, 9.17) is 0 Å². The maximum atomic E-state index is 11.6. The van der Waals surface area contributed by atoms with E-state index >= 15 is 0 Å². The van der Waals surface area contributed by atoms with Gasteiger partial charge in [0, 0.05) is 19.3 Å². The molecule has 0 unspecified atom stereocenters. The highest BCUT2D eigenvalue weighted by Crippen LogP contribution is 2.15. The summed E-state index contributed by atoms with van der Waals surface area (Å²) in [5.41, 5.74) is 3.69. The number of nitrogens with one attached hydrogen (secondary N) is 1. The molecule has 1 rings (SSSR count). The Morgan fingerprint density at radius 1 is 1.22 bits per heavy atom. The Bertz CT molecular complexity index is 519. The highest BCUT2D eigenvalue weighted by Gasteiger charge is 2.29. The lowest BCUT2D eigenvalue weighted by atomic mass is 10.1. The molecular formula is C14H23NO2S. The highest BCUT2D eigenvalue weighted by molar-refractivity contribution is 7.92. The molecule has 1 aromatic rings. The molecule has 0 atom stereocenters. The van der Waals surface area contributed by atoms with Gasteiger partial charge in [0.05, 0.1) is 4.75 Å². The monoisotopic (exact) mass is 269 g/mol. The van der Waals surface area contributed by atoms with Gasteiger partial charge in [-0.05, 0) is 38.8 Å². The maximum Gasteiger partial charge on any atom is 0.153 e. The standard InChI is InChI=1S/C14H23NO2S/c1-11-6-7-13(12(2)8-11)9-15-10-14(3,4)18(5,16)17/h6-8,15H,9-10H2,1-5H3. The first-order valence-corrected chi connectivity index (χ1v) is 7.99. The summed E-state index contributed by atoms with van der Waals surface area (Å²) in [6, 6.07) is 6.30. The van der Waals surface area contributed by atoms with Crippen molar-refractivity contribution in [3.8, 4) is 0 Å². The summed E-state index contributed by atoms with van der Waals surface area (Å²) in [5.74, 6) is 0. The molecule has 0 heterocycles. The lowest BCUT2D eigenvalue weighted by Crippen LogP contribution is -2.41. The van der Waals surface area contributed by atoms with Crippen LogP contribution in [0.1, 0.15) is 30.5 Å². The third kappa shape index (κ3) is 3.82. The van der Waals surface area contributed by atoms with Crippen LogP contribution >= 0.6 is 0 Å². The third-order valence-corrected chi connectivity index (χ3v) is 5.52. The molecule has 0 bridgehead atoms. The van der Waals surface area contributed by atoms with Gasteiger partial charge < -0.3 is 5.32 Å². The van der Waals surface area contributed by atoms with Crippen molar-refractivity contribution in [1.29, 1.82) is 0 Å². The summed E-state index contributed by atoms with van der Waals surface area (Å²) in [4.78, 5) is 0. The van der Waals surface area contributed by atoms with Crippen LogP contribution in [0.2, 0.25) is 0 Å². The Balaban J connectivity index is 2.62. The largest absolute Gasteiger partial charge is 0.311 e. The van der Waals surface area contributed by atoms with Crippen molar-refractivity contribution in [2.45, 2.75) is 39.0 Å². The van der Waals surface area contributed by atoms with Gasteiger partial charge in [-0.3, -0.25) is 0 Å². The summed E-state index contributed by atoms with van der Waals surface area (Å²) >= 11 is 0. The molecule has 18 heavy (non-hydrogen) atoms. The summed E-state index contributed by atoms with van der Waals surface area (Å²) < 4.78 is 22.4. The topological polar surface area (TPSA) is 46.2 Å². The zero-order chi connectivity index (χ0) is 14.0. The molecule has 4 heteroatoms. The zero-order valence-corrected chi connectivity index (χ0v) is 12.7. The molecule has 0 amide bonds. The lowest BCUT2D eigenvalue weighted by molar-refractivity contribution is 0.521. The van der Waals surface area contributed by atoms with Gasteiger partial charge in [0.1, 0.15) is 0 Å². The lowest BCUT2D eigenvalue weighted by Gasteiger charge is -2.23. The fourth-order valence-corrected chi connectivity index (χ4v) is 2.04. The van der Waals surface area contributed by atoms with E-state index in [0.717, 1.165) is 0 Å². The van der Waals surface area contributed by atoms with Crippen LogP contribution in [-0.4, -0.2) is 26.0 Å². The van der Waals surface area contributed by atoms with Crippen molar-refractivity contribution < 1.29 is 8.42 Å². The van der Waals surface area contributed by atoms with Crippen LogP contribution in [0, 0.1) is 13.8 Å². The number of aryl methyl sites for hydroxylation is 2. The van der Waals surface area contributed by atoms with Crippen LogP contribution in [0.25, 0.3) is 0 Å². The highest BCUT2D eigenvalue weighted by atomic mass is 32.2. The molecular weight excluding hydrogens is 246 g/mol. The predicted octanol–water partition coefficient (Wildman–Crippen LogP) is 2.22. The van der Waals surface area contributed by atoms with Gasteiger partial charge in [-0.1, -0.05) is 23.8 Å². The second-order valence-corrected chi connectivity index (χ2v) is 8.21. The average molecular weight is 269 g/mol. The number of hydrogen-bond acceptors (Lipinski definition) is 3. The van der Waals surface area contributed by atoms with E-state index in [2.05, 4.69) is 37.4 Å². The number of sulfone groups is 1. The van der Waals surface area contributed by atoms with E-state index in [-0.39, 0.29) is 0 Å². The van der Waals surface area contributed by atoms with Crippen molar-refractivity contribution in [2.75, 3.05) is 12.8 Å². The molecule has 0 saturated heterocycles. The van der Waals surface area contributed by atoms with Crippen molar-refractivity contribution >= 4 is 9.84 Å². The minimum Gasteiger partial charge on any atom is -0.311 e. The van der Waals surface area contributed by atoms with Crippen LogP contribution in [0.5, 0.6) is 0 Å². The predicted molar refractivity (Wildman–Crippen MR) is 76.5 cm³/mol. The second-order valence-electron chi connectivity index (χ2n) is 5.57. The van der Waals surface area contributed by atoms with E-state index in [1.54, 1.807) is 13.8 Å². The van der Waals surface area contributed by atoms with Gasteiger partial charge in [-0.2, -0.15) is 0 Å². The number of benzene rings is 1. The van der Waals surface area contributed by atoms with E-state index in [9.17, 15) is 8.42 Å². The van der Waals surface area contributed by atoms with Gasteiger partial charge >= 0.3 is 0 Å². The minimum atomic E-state index is -3.04. The second kappa shape index (κ2) is 5.41. The molecule has 0 aliphatic carbocycles. The van der Waals surface area contributed by atoms with Crippen LogP contribution < -0.4 is 5.32 Å². The first-order chi connectivity index (χ1) is 8.13. The van der Waals surface area contributed by atoms with Gasteiger partial charge in [0.2, 0.25) is 0 Å². The van der Waals surface area contributed by atoms with E-state index in [1.807, 2.05) is 0 Å². The molecule has 0 spiro atoms. The van der Waals surface area contributed by atoms with Crippen LogP contribution in [-0.2, 0) is 16.4 Å². The molecule has 0 aliphatic rings. The molecule has 0 aromatic heterocycles. The molecule has 0 aliphatic heterocycles. The summed E-state index contributed by atoms with van der Waals surface area (Å²) in [7, 11) is -3.04. The van der Waals surface area contributed by atoms with Gasteiger partial charge in [0.15, 0.2) is 9.84 Å². The van der Waals surface area contributed by atoms with E-state index < -0.39 is 14.6 Å². The Morgan fingerprint density at radius 2 is 1.83 bits per heavy atom. The number of rotatable bonds is 5. The van der Waals surface area contributed by atoms with Crippen LogP contribution in [0.15, 0.2) is 18.2 Å². The Kier molecular flexibility index (Phi) is 4.56. The average Bonchev–Trinajstić information content (AvgIpc) is 2.19. The molecule has 102 valence electrons. The zero-order valence-electron chi connectivity index (χ0n) is 11.9. The number of hydrogen-bond donors (Lipinski definition) is 1. The SMILES string of the molecule is Cc1ccc(CNCC(C)(C)S(C)(=O)=O)c(C)c1. The molecule has 0 fully saturated rings. The molecule has 0 saturated carbocycles. The summed E-state index contributed by atoms with van der Waals surface area (Å²) in [5, 5.41) is 3.23. The smallest absolute Gasteiger partial charge is 0.153 e. The molecule has 3 nitrogen and oxygen atoms in total. The van der Waals surface area contributed by atoms with Crippen molar-refractivity contribution in [3.63, 3.8) is 0 Å². The fraction of sp³-hybridized carbons (Fsp3) is 0.571. The van der Waals surface area contributed by atoms with Crippen molar-refractivity contribution in [2.24, 2.45) is 0 Å². The fourth-order valence-electron chi connectivity index (χ4n) is 1.67. The van der Waals surface area contributed by atoms with E-state index in [1.165, 1.54) is 22.9 Å². The Morgan fingerprint density at radius 3 is 2.33 bits per heavy atom. The maximum absolute atomic E-state index is 11.6. The first-order valence-electron chi connectivity index (χ1n) is 6.10. The summed E-state index contributed by atoms with van der Waals surface area (Å²) in [6.07, 6.45) is 1.28. The Hall–Kier alpha value is -0.870.